The van der Waals surface area contributed by atoms with E-state index in [4.69, 9.17) is 4.74 Å². The molecule has 3 rings (SSSR count). The van der Waals surface area contributed by atoms with Gasteiger partial charge in [-0.2, -0.15) is 8.78 Å². The molecule has 0 radical (unpaired) electrons. The number of carbonyl (C=O) groups excluding carboxylic acids is 1. The third kappa shape index (κ3) is 6.38. The summed E-state index contributed by atoms with van der Waals surface area (Å²) in [5, 5.41) is 14.3. The molecule has 1 heterocycles. The van der Waals surface area contributed by atoms with Crippen molar-refractivity contribution in [2.45, 2.75) is 19.6 Å². The highest BCUT2D eigenvalue weighted by Gasteiger charge is 2.20. The Morgan fingerprint density at radius 2 is 1.91 bits per heavy atom. The zero-order valence-corrected chi connectivity index (χ0v) is 19.3. The first-order chi connectivity index (χ1) is 16.3. The summed E-state index contributed by atoms with van der Waals surface area (Å²) in [4.78, 5) is 26.6. The van der Waals surface area contributed by atoms with Gasteiger partial charge in [0.05, 0.1) is 29.7 Å². The zero-order chi connectivity index (χ0) is 24.7. The lowest BCUT2D eigenvalue weighted by molar-refractivity contribution is -0.384. The molecule has 0 saturated heterocycles. The maximum Gasteiger partial charge on any atom is 0.387 e. The summed E-state index contributed by atoms with van der Waals surface area (Å²) in [6.07, 6.45) is 1.30. The van der Waals surface area contributed by atoms with Crippen molar-refractivity contribution in [3.05, 3.63) is 80.6 Å². The van der Waals surface area contributed by atoms with Gasteiger partial charge in [-0.25, -0.2) is 0 Å². The summed E-state index contributed by atoms with van der Waals surface area (Å²) in [6.45, 7) is -3.26. The maximum atomic E-state index is 13.1. The Balaban J connectivity index is 1.97. The summed E-state index contributed by atoms with van der Waals surface area (Å²) >= 11 is 3.26. The van der Waals surface area contributed by atoms with E-state index in [2.05, 4.69) is 35.7 Å². The average Bonchev–Trinajstić information content (AvgIpc) is 2.79. The van der Waals surface area contributed by atoms with Crippen molar-refractivity contribution in [3.8, 4) is 17.2 Å². The first-order valence-corrected chi connectivity index (χ1v) is 10.5. The SMILES string of the molecule is COC(=O)Cc1ncccc1Oc1cccc(OC(F)F)c1CNc1cc(Br)ccc1[N+](=O)[O-]. The molecule has 1 N–H and O–H groups in total. The number of halogens is 3. The summed E-state index contributed by atoms with van der Waals surface area (Å²) in [5.74, 6) is -0.391. The van der Waals surface area contributed by atoms with Crippen LogP contribution in [0.25, 0.3) is 0 Å². The third-order valence-corrected chi connectivity index (χ3v) is 5.02. The fraction of sp³-hybridized carbons (Fsp3) is 0.182. The normalized spacial score (nSPS) is 10.6. The number of alkyl halides is 2. The third-order valence-electron chi connectivity index (χ3n) is 4.52. The van der Waals surface area contributed by atoms with E-state index in [1.54, 1.807) is 12.1 Å². The number of aromatic nitrogens is 1. The summed E-state index contributed by atoms with van der Waals surface area (Å²) in [7, 11) is 1.24. The Labute approximate surface area is 200 Å². The van der Waals surface area contributed by atoms with Gasteiger partial charge in [-0.1, -0.05) is 22.0 Å². The van der Waals surface area contributed by atoms with Crippen molar-refractivity contribution < 1.29 is 32.7 Å². The number of nitro groups is 1. The Bertz CT molecular complexity index is 1200. The van der Waals surface area contributed by atoms with Gasteiger partial charge in [-0.05, 0) is 36.4 Å². The summed E-state index contributed by atoms with van der Waals surface area (Å²) < 4.78 is 41.9. The van der Waals surface area contributed by atoms with Crippen LogP contribution in [0.3, 0.4) is 0 Å². The highest BCUT2D eigenvalue weighted by atomic mass is 79.9. The second-order valence-corrected chi connectivity index (χ2v) is 7.60. The largest absolute Gasteiger partial charge is 0.469 e. The van der Waals surface area contributed by atoms with Gasteiger partial charge in [0.25, 0.3) is 5.69 Å². The number of rotatable bonds is 10. The first kappa shape index (κ1) is 24.8. The smallest absolute Gasteiger partial charge is 0.387 e. The molecule has 0 unspecified atom stereocenters. The van der Waals surface area contributed by atoms with Crippen LogP contribution in [0.1, 0.15) is 11.3 Å². The van der Waals surface area contributed by atoms with Gasteiger partial charge in [0.1, 0.15) is 22.9 Å². The van der Waals surface area contributed by atoms with Gasteiger partial charge in [-0.3, -0.25) is 19.9 Å². The molecule has 3 aromatic rings. The van der Waals surface area contributed by atoms with Crippen molar-refractivity contribution >= 4 is 33.3 Å². The van der Waals surface area contributed by atoms with Crippen LogP contribution in [0.15, 0.2) is 59.2 Å². The number of pyridine rings is 1. The van der Waals surface area contributed by atoms with Gasteiger partial charge < -0.3 is 19.5 Å². The van der Waals surface area contributed by atoms with E-state index < -0.39 is 17.5 Å². The van der Waals surface area contributed by atoms with Crippen LogP contribution in [0.4, 0.5) is 20.2 Å². The maximum absolute atomic E-state index is 13.1. The predicted octanol–water partition coefficient (Wildman–Crippen LogP) is 5.47. The van der Waals surface area contributed by atoms with Crippen LogP contribution in [0, 0.1) is 10.1 Å². The molecule has 0 amide bonds. The lowest BCUT2D eigenvalue weighted by Crippen LogP contribution is -2.10. The van der Waals surface area contributed by atoms with Crippen molar-refractivity contribution in [1.29, 1.82) is 0 Å². The fourth-order valence-corrected chi connectivity index (χ4v) is 3.35. The van der Waals surface area contributed by atoms with E-state index in [1.165, 1.54) is 49.7 Å². The molecule has 9 nitrogen and oxygen atoms in total. The van der Waals surface area contributed by atoms with Crippen LogP contribution in [0.2, 0.25) is 0 Å². The van der Waals surface area contributed by atoms with E-state index >= 15 is 0 Å². The van der Waals surface area contributed by atoms with Crippen molar-refractivity contribution in [1.82, 2.24) is 4.98 Å². The molecular weight excluding hydrogens is 520 g/mol. The first-order valence-electron chi connectivity index (χ1n) is 9.71. The number of methoxy groups -OCH3 is 1. The Kier molecular flexibility index (Phi) is 8.30. The van der Waals surface area contributed by atoms with Gasteiger partial charge >= 0.3 is 12.6 Å². The van der Waals surface area contributed by atoms with Gasteiger partial charge in [0.15, 0.2) is 0 Å². The molecule has 0 bridgehead atoms. The second kappa shape index (κ2) is 11.4. The number of ether oxygens (including phenoxy) is 3. The molecule has 0 fully saturated rings. The Morgan fingerprint density at radius 3 is 2.62 bits per heavy atom. The van der Waals surface area contributed by atoms with Crippen molar-refractivity contribution in [2.75, 3.05) is 12.4 Å². The number of hydrogen-bond donors (Lipinski definition) is 1. The van der Waals surface area contributed by atoms with Gasteiger partial charge in [0.2, 0.25) is 0 Å². The number of nitrogens with one attached hydrogen (secondary N) is 1. The molecule has 0 aliphatic carbocycles. The molecule has 0 aliphatic heterocycles. The van der Waals surface area contributed by atoms with E-state index in [-0.39, 0.29) is 52.8 Å². The monoisotopic (exact) mass is 537 g/mol. The summed E-state index contributed by atoms with van der Waals surface area (Å²) in [5.41, 5.74) is 0.400. The lowest BCUT2D eigenvalue weighted by Gasteiger charge is -2.18. The van der Waals surface area contributed by atoms with Crippen LogP contribution >= 0.6 is 15.9 Å². The van der Waals surface area contributed by atoms with E-state index in [1.807, 2.05) is 0 Å². The molecule has 0 saturated carbocycles. The molecule has 0 spiro atoms. The number of benzene rings is 2. The molecule has 12 heteroatoms. The van der Waals surface area contributed by atoms with E-state index in [0.29, 0.717) is 4.47 Å². The highest BCUT2D eigenvalue weighted by molar-refractivity contribution is 9.10. The molecule has 0 atom stereocenters. The number of carbonyl (C=O) groups is 1. The second-order valence-electron chi connectivity index (χ2n) is 6.69. The van der Waals surface area contributed by atoms with E-state index in [0.717, 1.165) is 0 Å². The predicted molar refractivity (Wildman–Crippen MR) is 121 cm³/mol. The standard InChI is InChI=1S/C22H18BrF2N3O6/c1-32-21(29)11-16-20(6-3-9-26-16)33-18-4-2-5-19(34-22(24)25)14(18)12-27-15-10-13(23)7-8-17(15)28(30)31/h2-10,22,27H,11-12H2,1H3. The Hall–Kier alpha value is -3.80. The number of nitro benzene ring substituents is 1. The molecule has 34 heavy (non-hydrogen) atoms. The number of hydrogen-bond acceptors (Lipinski definition) is 8. The summed E-state index contributed by atoms with van der Waals surface area (Å²) in [6, 6.07) is 11.7. The minimum Gasteiger partial charge on any atom is -0.469 e. The molecule has 2 aromatic carbocycles. The number of esters is 1. The van der Waals surface area contributed by atoms with Crippen LogP contribution in [0.5, 0.6) is 17.2 Å². The topological polar surface area (TPSA) is 113 Å². The fourth-order valence-electron chi connectivity index (χ4n) is 2.99. The lowest BCUT2D eigenvalue weighted by atomic mass is 10.1. The Morgan fingerprint density at radius 1 is 1.18 bits per heavy atom. The van der Waals surface area contributed by atoms with Gasteiger partial charge in [0, 0.05) is 23.3 Å². The van der Waals surface area contributed by atoms with E-state index in [9.17, 15) is 23.7 Å². The quantitative estimate of drug-likeness (QED) is 0.205. The average molecular weight is 538 g/mol. The molecule has 0 aliphatic rings. The van der Waals surface area contributed by atoms with Crippen molar-refractivity contribution in [2.24, 2.45) is 0 Å². The minimum absolute atomic E-state index is 0.127. The zero-order valence-electron chi connectivity index (χ0n) is 17.7. The molecule has 178 valence electrons. The van der Waals surface area contributed by atoms with Crippen molar-refractivity contribution in [3.63, 3.8) is 0 Å². The number of nitrogens with zero attached hydrogens (tertiary/aromatic N) is 2. The van der Waals surface area contributed by atoms with Gasteiger partial charge in [-0.15, -0.1) is 0 Å². The van der Waals surface area contributed by atoms with Crippen LogP contribution in [-0.2, 0) is 22.5 Å². The molecular formula is C22H18BrF2N3O6. The molecule has 1 aromatic heterocycles. The highest BCUT2D eigenvalue weighted by Crippen LogP contribution is 2.36. The minimum atomic E-state index is -3.11. The number of anilines is 1. The van der Waals surface area contributed by atoms with Crippen LogP contribution in [-0.4, -0.2) is 29.6 Å². The van der Waals surface area contributed by atoms with Crippen LogP contribution < -0.4 is 14.8 Å².